The second kappa shape index (κ2) is 3.04. The van der Waals surface area contributed by atoms with Gasteiger partial charge in [0, 0.05) is 0 Å². The summed E-state index contributed by atoms with van der Waals surface area (Å²) in [5.74, 6) is -1.33. The third-order valence-electron chi connectivity index (χ3n) is 1.18. The molecule has 0 radical (unpaired) electrons. The Hall–Kier alpha value is -1.85. The Balaban J connectivity index is 2.76. The van der Waals surface area contributed by atoms with Gasteiger partial charge in [0.05, 0.1) is 13.2 Å². The van der Waals surface area contributed by atoms with E-state index in [0.717, 1.165) is 6.08 Å². The third-order valence-corrected chi connectivity index (χ3v) is 1.18. The van der Waals surface area contributed by atoms with Crippen molar-refractivity contribution >= 4 is 17.9 Å². The Morgan fingerprint density at radius 2 is 2.08 bits per heavy atom. The van der Waals surface area contributed by atoms with Gasteiger partial charge in [0.15, 0.2) is 0 Å². The predicted octanol–water partition coefficient (Wildman–Crippen LogP) is -1.12. The van der Waals surface area contributed by atoms with Gasteiger partial charge in [0.1, 0.15) is 5.70 Å². The number of carbonyl (C=O) groups excluding carboxylic acids is 3. The largest absolute Gasteiger partial charge is 0.466 e. The number of esters is 1. The van der Waals surface area contributed by atoms with E-state index in [-0.39, 0.29) is 5.70 Å². The summed E-state index contributed by atoms with van der Waals surface area (Å²) in [4.78, 5) is 31.9. The maximum absolute atomic E-state index is 10.8. The van der Waals surface area contributed by atoms with E-state index < -0.39 is 17.9 Å². The van der Waals surface area contributed by atoms with Crippen molar-refractivity contribution in [1.82, 2.24) is 10.6 Å². The van der Waals surface area contributed by atoms with Crippen LogP contribution in [0.2, 0.25) is 0 Å². The number of hydrogen-bond donors (Lipinski definition) is 2. The van der Waals surface area contributed by atoms with Crippen molar-refractivity contribution in [1.29, 1.82) is 0 Å². The molecule has 2 N–H and O–H groups in total. The number of rotatable bonds is 1. The molecule has 0 aromatic carbocycles. The molecule has 0 spiro atoms. The highest BCUT2D eigenvalue weighted by Crippen LogP contribution is 1.96. The molecule has 1 aliphatic rings. The molecule has 1 rings (SSSR count). The highest BCUT2D eigenvalue weighted by molar-refractivity contribution is 6.13. The van der Waals surface area contributed by atoms with E-state index in [1.54, 1.807) is 0 Å². The molecule has 0 aromatic heterocycles. The van der Waals surface area contributed by atoms with Gasteiger partial charge in [-0.3, -0.25) is 10.1 Å². The van der Waals surface area contributed by atoms with Gasteiger partial charge in [0.2, 0.25) is 0 Å². The number of ether oxygens (including phenoxy) is 1. The van der Waals surface area contributed by atoms with Gasteiger partial charge in [-0.05, 0) is 0 Å². The topological polar surface area (TPSA) is 84.5 Å². The number of urea groups is 1. The highest BCUT2D eigenvalue weighted by Gasteiger charge is 2.23. The van der Waals surface area contributed by atoms with Gasteiger partial charge in [-0.15, -0.1) is 0 Å². The average molecular weight is 170 g/mol. The van der Waals surface area contributed by atoms with Crippen LogP contribution in [0.4, 0.5) is 4.79 Å². The lowest BCUT2D eigenvalue weighted by Gasteiger charge is -1.92. The summed E-state index contributed by atoms with van der Waals surface area (Å²) in [6.45, 7) is 0. The maximum Gasteiger partial charge on any atom is 0.332 e. The molecule has 0 aromatic rings. The lowest BCUT2D eigenvalue weighted by atomic mass is 10.4. The lowest BCUT2D eigenvalue weighted by Crippen LogP contribution is -2.22. The van der Waals surface area contributed by atoms with E-state index in [1.807, 2.05) is 5.32 Å². The fourth-order valence-corrected chi connectivity index (χ4v) is 0.659. The summed E-state index contributed by atoms with van der Waals surface area (Å²) in [5, 5.41) is 4.06. The van der Waals surface area contributed by atoms with Crippen molar-refractivity contribution in [3.8, 4) is 0 Å². The van der Waals surface area contributed by atoms with Crippen LogP contribution in [-0.4, -0.2) is 25.0 Å². The number of nitrogens with one attached hydrogen (secondary N) is 2. The second-order valence-corrected chi connectivity index (χ2v) is 1.99. The zero-order chi connectivity index (χ0) is 9.14. The summed E-state index contributed by atoms with van der Waals surface area (Å²) in [7, 11) is 1.17. The normalized spacial score (nSPS) is 18.9. The van der Waals surface area contributed by atoms with E-state index in [4.69, 9.17) is 0 Å². The molecule has 0 saturated carbocycles. The van der Waals surface area contributed by atoms with Crippen LogP contribution in [0.5, 0.6) is 0 Å². The summed E-state index contributed by atoms with van der Waals surface area (Å²) >= 11 is 0. The summed E-state index contributed by atoms with van der Waals surface area (Å²) < 4.78 is 4.25. The van der Waals surface area contributed by atoms with Crippen molar-refractivity contribution in [3.63, 3.8) is 0 Å². The van der Waals surface area contributed by atoms with Crippen LogP contribution in [-0.2, 0) is 14.3 Å². The fraction of sp³-hybridized carbons (Fsp3) is 0.167. The van der Waals surface area contributed by atoms with Crippen LogP contribution < -0.4 is 10.6 Å². The van der Waals surface area contributed by atoms with Crippen molar-refractivity contribution in [2.75, 3.05) is 7.11 Å². The molecule has 6 nitrogen and oxygen atoms in total. The smallest absolute Gasteiger partial charge is 0.332 e. The molecule has 0 aliphatic carbocycles. The van der Waals surface area contributed by atoms with Gasteiger partial charge < -0.3 is 10.1 Å². The first-order valence-corrected chi connectivity index (χ1v) is 3.05. The van der Waals surface area contributed by atoms with Crippen molar-refractivity contribution in [2.24, 2.45) is 0 Å². The summed E-state index contributed by atoms with van der Waals surface area (Å²) in [6, 6.07) is -0.643. The first-order valence-electron chi connectivity index (χ1n) is 3.05. The van der Waals surface area contributed by atoms with E-state index in [0.29, 0.717) is 0 Å². The minimum absolute atomic E-state index is 0.105. The SMILES string of the molecule is COC(=O)C=C1NC(=O)NC1=O. The molecule has 64 valence electrons. The van der Waals surface area contributed by atoms with E-state index in [2.05, 4.69) is 10.1 Å². The molecule has 12 heavy (non-hydrogen) atoms. The van der Waals surface area contributed by atoms with Gasteiger partial charge in [-0.1, -0.05) is 0 Å². The minimum atomic E-state index is -0.692. The Morgan fingerprint density at radius 3 is 2.50 bits per heavy atom. The van der Waals surface area contributed by atoms with Crippen LogP contribution in [0.1, 0.15) is 0 Å². The van der Waals surface area contributed by atoms with Crippen molar-refractivity contribution < 1.29 is 19.1 Å². The monoisotopic (exact) mass is 170 g/mol. The molecular formula is C6H6N2O4. The summed E-state index contributed by atoms with van der Waals surface area (Å²) in [6.07, 6.45) is 0.903. The molecule has 1 aliphatic heterocycles. The zero-order valence-electron chi connectivity index (χ0n) is 6.21. The molecule has 0 bridgehead atoms. The molecule has 0 atom stereocenters. The molecule has 1 fully saturated rings. The molecular weight excluding hydrogens is 164 g/mol. The molecule has 0 unspecified atom stereocenters. The van der Waals surface area contributed by atoms with Crippen LogP contribution in [0.3, 0.4) is 0 Å². The Bertz CT molecular complexity index is 281. The quantitative estimate of drug-likeness (QED) is 0.296. The van der Waals surface area contributed by atoms with E-state index >= 15 is 0 Å². The molecule has 3 amide bonds. The number of imide groups is 1. The Morgan fingerprint density at radius 1 is 1.42 bits per heavy atom. The van der Waals surface area contributed by atoms with Crippen LogP contribution in [0, 0.1) is 0 Å². The Labute approximate surface area is 67.6 Å². The second-order valence-electron chi connectivity index (χ2n) is 1.99. The van der Waals surface area contributed by atoms with Gasteiger partial charge in [-0.2, -0.15) is 0 Å². The molecule has 6 heteroatoms. The minimum Gasteiger partial charge on any atom is -0.466 e. The fourth-order valence-electron chi connectivity index (χ4n) is 0.659. The van der Waals surface area contributed by atoms with Gasteiger partial charge in [-0.25, -0.2) is 9.59 Å². The van der Waals surface area contributed by atoms with Gasteiger partial charge in [0.25, 0.3) is 5.91 Å². The first kappa shape index (κ1) is 8.25. The van der Waals surface area contributed by atoms with Crippen LogP contribution in [0.15, 0.2) is 11.8 Å². The van der Waals surface area contributed by atoms with Crippen molar-refractivity contribution in [3.05, 3.63) is 11.8 Å². The van der Waals surface area contributed by atoms with Crippen molar-refractivity contribution in [2.45, 2.75) is 0 Å². The lowest BCUT2D eigenvalue weighted by molar-refractivity contribution is -0.135. The number of amides is 3. The average Bonchev–Trinajstić information content (AvgIpc) is 2.30. The Kier molecular flexibility index (Phi) is 2.09. The van der Waals surface area contributed by atoms with Crippen LogP contribution in [0.25, 0.3) is 0 Å². The molecule has 1 heterocycles. The predicted molar refractivity (Wildman–Crippen MR) is 36.8 cm³/mol. The number of hydrogen-bond acceptors (Lipinski definition) is 4. The molecule has 1 saturated heterocycles. The zero-order valence-corrected chi connectivity index (χ0v) is 6.21. The van der Waals surface area contributed by atoms with E-state index in [9.17, 15) is 14.4 Å². The standard InChI is InChI=1S/C6H6N2O4/c1-12-4(9)2-3-5(10)8-6(11)7-3/h2H,1H3,(H2,7,8,10,11). The first-order chi connectivity index (χ1) is 5.63. The van der Waals surface area contributed by atoms with Crippen LogP contribution >= 0.6 is 0 Å². The van der Waals surface area contributed by atoms with Gasteiger partial charge >= 0.3 is 12.0 Å². The number of carbonyl (C=O) groups is 3. The maximum atomic E-state index is 10.8. The summed E-state index contributed by atoms with van der Waals surface area (Å²) in [5.41, 5.74) is -0.105. The third kappa shape index (κ3) is 1.60. The van der Waals surface area contributed by atoms with E-state index in [1.165, 1.54) is 7.11 Å². The number of methoxy groups -OCH3 is 1. The highest BCUT2D eigenvalue weighted by atomic mass is 16.5.